The number of ether oxygens (including phenoxy) is 5. The van der Waals surface area contributed by atoms with Gasteiger partial charge >= 0.3 is 0 Å². The lowest BCUT2D eigenvalue weighted by molar-refractivity contribution is -0.275. The Bertz CT molecular complexity index is 1910. The Hall–Kier alpha value is -4.67. The topological polar surface area (TPSA) is 82.9 Å². The summed E-state index contributed by atoms with van der Waals surface area (Å²) in [6.45, 7) is 2.33. The summed E-state index contributed by atoms with van der Waals surface area (Å²) < 4.78 is 34.2. The molecule has 53 heavy (non-hydrogen) atoms. The zero-order valence-corrected chi connectivity index (χ0v) is 30.3. The van der Waals surface area contributed by atoms with Crippen LogP contribution in [0.3, 0.4) is 0 Å². The van der Waals surface area contributed by atoms with E-state index in [1.807, 2.05) is 84.9 Å². The van der Waals surface area contributed by atoms with Gasteiger partial charge in [0.2, 0.25) is 0 Å². The normalized spacial score (nSPS) is 21.2. The quantitative estimate of drug-likeness (QED) is 0.110. The molecule has 2 aliphatic heterocycles. The molecule has 1 saturated heterocycles. The molecule has 2 aliphatic rings. The van der Waals surface area contributed by atoms with Gasteiger partial charge in [-0.05, 0) is 39.4 Å². The highest BCUT2D eigenvalue weighted by Gasteiger charge is 2.49. The molecule has 0 saturated carbocycles. The maximum Gasteiger partial charge on any atom is 0.121 e. The number of amidine groups is 1. The zero-order chi connectivity index (χ0) is 36.1. The standard InChI is InChI=1S/C44H44ClN3O5/c45-38-22-21-36(25-37(38)26-40-46-23-24-47-48-40)41-43(51-29-34-17-9-3-10-18-34)44(52-30-35-19-11-4-12-20-35)42(50-28-33-15-7-2-8-16-33)39(53-41)31-49-27-32-13-5-1-6-14-32/h1-22,24-25,39,41-44H,23,26-31H2,(H,46,48). The van der Waals surface area contributed by atoms with Crippen molar-refractivity contribution in [2.45, 2.75) is 63.4 Å². The SMILES string of the molecule is Clc1ccc(C2OC(COCc3ccccc3)C(OCc3ccccc3)C(OCc3ccccc3)C2OCc2ccccc2)cc1CC1=NCC=NN1. The first-order valence-electron chi connectivity index (χ1n) is 18.0. The molecule has 0 aromatic heterocycles. The molecule has 0 bridgehead atoms. The third kappa shape index (κ3) is 10.3. The Balaban J connectivity index is 1.25. The summed E-state index contributed by atoms with van der Waals surface area (Å²) in [6.07, 6.45) is -0.445. The second-order valence-electron chi connectivity index (χ2n) is 13.1. The summed E-state index contributed by atoms with van der Waals surface area (Å²) in [7, 11) is 0. The van der Waals surface area contributed by atoms with E-state index in [1.54, 1.807) is 6.21 Å². The van der Waals surface area contributed by atoms with E-state index < -0.39 is 30.5 Å². The number of nitrogens with one attached hydrogen (secondary N) is 1. The van der Waals surface area contributed by atoms with Gasteiger partial charge in [-0.15, -0.1) is 0 Å². The maximum atomic E-state index is 7.11. The van der Waals surface area contributed by atoms with E-state index in [-0.39, 0.29) is 6.61 Å². The van der Waals surface area contributed by atoms with Crippen LogP contribution in [0, 0.1) is 0 Å². The van der Waals surface area contributed by atoms with Gasteiger partial charge in [0.15, 0.2) is 0 Å². The van der Waals surface area contributed by atoms with Crippen LogP contribution in [0.2, 0.25) is 5.02 Å². The first kappa shape index (κ1) is 36.7. The first-order valence-corrected chi connectivity index (χ1v) is 18.4. The van der Waals surface area contributed by atoms with Crippen LogP contribution in [-0.2, 0) is 56.5 Å². The number of halogens is 1. The van der Waals surface area contributed by atoms with E-state index in [0.29, 0.717) is 44.4 Å². The maximum absolute atomic E-state index is 7.11. The monoisotopic (exact) mass is 729 g/mol. The minimum Gasteiger partial charge on any atom is -0.374 e. The minimum atomic E-state index is -0.561. The molecule has 0 radical (unpaired) electrons. The molecule has 8 nitrogen and oxygen atoms in total. The summed E-state index contributed by atoms with van der Waals surface area (Å²) in [5.41, 5.74) is 9.04. The Morgan fingerprint density at radius 2 is 1.15 bits per heavy atom. The molecule has 272 valence electrons. The van der Waals surface area contributed by atoms with E-state index in [0.717, 1.165) is 39.2 Å². The smallest absolute Gasteiger partial charge is 0.121 e. The van der Waals surface area contributed by atoms with Crippen molar-refractivity contribution in [3.05, 3.63) is 178 Å². The molecule has 2 heterocycles. The van der Waals surface area contributed by atoms with Crippen LogP contribution >= 0.6 is 11.6 Å². The van der Waals surface area contributed by atoms with Crippen molar-refractivity contribution in [1.82, 2.24) is 5.43 Å². The van der Waals surface area contributed by atoms with Crippen LogP contribution in [0.15, 0.2) is 150 Å². The van der Waals surface area contributed by atoms with E-state index in [9.17, 15) is 0 Å². The van der Waals surface area contributed by atoms with Gasteiger partial charge in [-0.2, -0.15) is 5.10 Å². The molecule has 5 atom stereocenters. The van der Waals surface area contributed by atoms with Crippen LogP contribution in [0.1, 0.15) is 39.5 Å². The molecule has 0 amide bonds. The molecule has 0 aliphatic carbocycles. The molecule has 5 aromatic rings. The second kappa shape index (κ2) is 18.9. The molecule has 7 rings (SSSR count). The number of rotatable bonds is 16. The summed E-state index contributed by atoms with van der Waals surface area (Å²) in [5.74, 6) is 0.749. The van der Waals surface area contributed by atoms with Crippen molar-refractivity contribution in [3.63, 3.8) is 0 Å². The Morgan fingerprint density at radius 1 is 0.623 bits per heavy atom. The van der Waals surface area contributed by atoms with Crippen molar-refractivity contribution in [3.8, 4) is 0 Å². The van der Waals surface area contributed by atoms with Gasteiger partial charge in [0, 0.05) is 17.7 Å². The van der Waals surface area contributed by atoms with Crippen LogP contribution in [-0.4, -0.2) is 49.6 Å². The van der Waals surface area contributed by atoms with Crippen LogP contribution < -0.4 is 5.43 Å². The van der Waals surface area contributed by atoms with Crippen molar-refractivity contribution in [2.24, 2.45) is 10.1 Å². The lowest BCUT2D eigenvalue weighted by Gasteiger charge is -2.46. The van der Waals surface area contributed by atoms with Gasteiger partial charge in [-0.1, -0.05) is 145 Å². The third-order valence-electron chi connectivity index (χ3n) is 9.29. The molecule has 1 fully saturated rings. The number of benzene rings is 5. The molecule has 0 spiro atoms. The molecule has 5 unspecified atom stereocenters. The van der Waals surface area contributed by atoms with Gasteiger partial charge in [-0.3, -0.25) is 10.4 Å². The average molecular weight is 730 g/mol. The molecule has 5 aromatic carbocycles. The average Bonchev–Trinajstić information content (AvgIpc) is 3.21. The van der Waals surface area contributed by atoms with Crippen LogP contribution in [0.4, 0.5) is 0 Å². The second-order valence-corrected chi connectivity index (χ2v) is 13.5. The highest BCUT2D eigenvalue weighted by atomic mass is 35.5. The molecule has 9 heteroatoms. The Kier molecular flexibility index (Phi) is 13.1. The van der Waals surface area contributed by atoms with Crippen LogP contribution in [0.5, 0.6) is 0 Å². The minimum absolute atomic E-state index is 0.278. The van der Waals surface area contributed by atoms with Crippen LogP contribution in [0.25, 0.3) is 0 Å². The fourth-order valence-corrected chi connectivity index (χ4v) is 6.77. The predicted octanol–water partition coefficient (Wildman–Crippen LogP) is 8.28. The van der Waals surface area contributed by atoms with Crippen molar-refractivity contribution < 1.29 is 23.7 Å². The Morgan fingerprint density at radius 3 is 1.70 bits per heavy atom. The number of hydrazone groups is 1. The highest BCUT2D eigenvalue weighted by molar-refractivity contribution is 6.31. The largest absolute Gasteiger partial charge is 0.374 e. The summed E-state index contributed by atoms with van der Waals surface area (Å²) in [4.78, 5) is 4.57. The zero-order valence-electron chi connectivity index (χ0n) is 29.5. The van der Waals surface area contributed by atoms with E-state index in [4.69, 9.17) is 35.3 Å². The fourth-order valence-electron chi connectivity index (χ4n) is 6.59. The summed E-state index contributed by atoms with van der Waals surface area (Å²) >= 11 is 6.80. The third-order valence-corrected chi connectivity index (χ3v) is 9.66. The summed E-state index contributed by atoms with van der Waals surface area (Å²) in [6, 6.07) is 46.6. The lowest BCUT2D eigenvalue weighted by atomic mass is 9.89. The summed E-state index contributed by atoms with van der Waals surface area (Å²) in [5, 5.41) is 4.82. The number of nitrogens with zero attached hydrogens (tertiary/aromatic N) is 2. The number of hydrogen-bond acceptors (Lipinski definition) is 8. The Labute approximate surface area is 316 Å². The van der Waals surface area contributed by atoms with Gasteiger partial charge < -0.3 is 23.7 Å². The van der Waals surface area contributed by atoms with E-state index in [2.05, 4.69) is 70.1 Å². The van der Waals surface area contributed by atoms with Gasteiger partial charge in [-0.25, -0.2) is 0 Å². The highest BCUT2D eigenvalue weighted by Crippen LogP contribution is 2.39. The molecular weight excluding hydrogens is 686 g/mol. The lowest BCUT2D eigenvalue weighted by Crippen LogP contribution is -2.58. The van der Waals surface area contributed by atoms with Crippen molar-refractivity contribution in [1.29, 1.82) is 0 Å². The first-order chi connectivity index (χ1) is 26.2. The fraction of sp³-hybridized carbons (Fsp3) is 0.273. The van der Waals surface area contributed by atoms with Crippen molar-refractivity contribution in [2.75, 3.05) is 13.2 Å². The van der Waals surface area contributed by atoms with Crippen molar-refractivity contribution >= 4 is 23.7 Å². The van der Waals surface area contributed by atoms with Gasteiger partial charge in [0.25, 0.3) is 0 Å². The molecule has 1 N–H and O–H groups in total. The van der Waals surface area contributed by atoms with Gasteiger partial charge in [0.1, 0.15) is 36.4 Å². The number of hydrogen-bond donors (Lipinski definition) is 1. The van der Waals surface area contributed by atoms with E-state index in [1.165, 1.54) is 0 Å². The predicted molar refractivity (Wildman–Crippen MR) is 208 cm³/mol. The number of aliphatic imine (C=N–C) groups is 1. The van der Waals surface area contributed by atoms with Gasteiger partial charge in [0.05, 0.1) is 39.6 Å². The molecular formula is C44H44ClN3O5. The van der Waals surface area contributed by atoms with E-state index >= 15 is 0 Å².